The van der Waals surface area contributed by atoms with Gasteiger partial charge >= 0.3 is 0 Å². The van der Waals surface area contributed by atoms with Crippen molar-refractivity contribution >= 4 is 11.8 Å². The Bertz CT molecular complexity index is 649. The van der Waals surface area contributed by atoms with Crippen molar-refractivity contribution in [3.05, 3.63) is 35.4 Å². The second kappa shape index (κ2) is 11.5. The molecule has 0 radical (unpaired) electrons. The van der Waals surface area contributed by atoms with Crippen molar-refractivity contribution in [3.63, 3.8) is 0 Å². The Hall–Kier alpha value is -1.84. The predicted octanol–water partition coefficient (Wildman–Crippen LogP) is 6.06. The van der Waals surface area contributed by atoms with Crippen LogP contribution in [0, 0.1) is 0 Å². The first-order chi connectivity index (χ1) is 14.7. The summed E-state index contributed by atoms with van der Waals surface area (Å²) < 4.78 is 0. The largest absolute Gasteiger partial charge is 0.339 e. The smallest absolute Gasteiger partial charge is 0.254 e. The molecule has 0 atom stereocenters. The van der Waals surface area contributed by atoms with Crippen LogP contribution in [0.1, 0.15) is 112 Å². The lowest BCUT2D eigenvalue weighted by atomic mass is 9.88. The summed E-state index contributed by atoms with van der Waals surface area (Å²) >= 11 is 0. The van der Waals surface area contributed by atoms with Crippen LogP contribution in [0.4, 0.5) is 0 Å². The molecule has 0 aliphatic heterocycles. The van der Waals surface area contributed by atoms with Gasteiger partial charge in [-0.25, -0.2) is 0 Å². The number of hydrogen-bond acceptors (Lipinski definition) is 2. The monoisotopic (exact) mass is 412 g/mol. The zero-order valence-electron chi connectivity index (χ0n) is 19.1. The Morgan fingerprint density at radius 2 is 1.10 bits per heavy atom. The first-order valence-electron chi connectivity index (χ1n) is 12.4. The molecule has 2 aliphatic carbocycles. The van der Waals surface area contributed by atoms with Gasteiger partial charge in [-0.15, -0.1) is 0 Å². The fourth-order valence-corrected chi connectivity index (χ4v) is 5.29. The zero-order valence-corrected chi connectivity index (χ0v) is 19.1. The maximum Gasteiger partial charge on any atom is 0.254 e. The van der Waals surface area contributed by atoms with Gasteiger partial charge in [-0.05, 0) is 62.8 Å². The molecule has 0 bridgehead atoms. The van der Waals surface area contributed by atoms with Gasteiger partial charge in [-0.2, -0.15) is 0 Å². The SMILES string of the molecule is CCCN(CCC)C(=O)c1ccc(C(=O)N(C2CCCCC2)C2CCCCC2)cc1. The Morgan fingerprint density at radius 1 is 0.700 bits per heavy atom. The molecule has 166 valence electrons. The molecule has 1 aromatic carbocycles. The molecule has 2 aliphatic rings. The number of carbonyl (C=O) groups excluding carboxylic acids is 2. The molecule has 2 fully saturated rings. The van der Waals surface area contributed by atoms with Crippen molar-refractivity contribution < 1.29 is 9.59 Å². The van der Waals surface area contributed by atoms with E-state index in [4.69, 9.17) is 0 Å². The van der Waals surface area contributed by atoms with Crippen molar-refractivity contribution in [2.45, 2.75) is 103 Å². The minimum atomic E-state index is 0.0779. The highest BCUT2D eigenvalue weighted by atomic mass is 16.2. The van der Waals surface area contributed by atoms with Gasteiger partial charge in [0.15, 0.2) is 0 Å². The fourth-order valence-electron chi connectivity index (χ4n) is 5.29. The van der Waals surface area contributed by atoms with E-state index in [0.29, 0.717) is 17.6 Å². The molecule has 0 heterocycles. The molecule has 0 spiro atoms. The summed E-state index contributed by atoms with van der Waals surface area (Å²) in [5, 5.41) is 0. The summed E-state index contributed by atoms with van der Waals surface area (Å²) in [5.41, 5.74) is 1.43. The lowest BCUT2D eigenvalue weighted by Gasteiger charge is -2.42. The van der Waals surface area contributed by atoms with Gasteiger partial charge in [0.2, 0.25) is 0 Å². The Balaban J connectivity index is 1.76. The van der Waals surface area contributed by atoms with Crippen LogP contribution in [-0.2, 0) is 0 Å². The van der Waals surface area contributed by atoms with E-state index in [1.54, 1.807) is 0 Å². The Morgan fingerprint density at radius 3 is 1.50 bits per heavy atom. The summed E-state index contributed by atoms with van der Waals surface area (Å²) in [6.07, 6.45) is 14.0. The van der Waals surface area contributed by atoms with E-state index in [0.717, 1.165) is 57.2 Å². The third kappa shape index (κ3) is 5.65. The molecular formula is C26H40N2O2. The lowest BCUT2D eigenvalue weighted by Crippen LogP contribution is -2.48. The normalized spacial score (nSPS) is 18.2. The van der Waals surface area contributed by atoms with Gasteiger partial charge in [0.1, 0.15) is 0 Å². The van der Waals surface area contributed by atoms with E-state index in [9.17, 15) is 9.59 Å². The molecule has 4 heteroatoms. The van der Waals surface area contributed by atoms with Crippen molar-refractivity contribution in [2.24, 2.45) is 0 Å². The minimum Gasteiger partial charge on any atom is -0.339 e. The number of benzene rings is 1. The topological polar surface area (TPSA) is 40.6 Å². The molecule has 4 nitrogen and oxygen atoms in total. The molecule has 3 rings (SSSR count). The second-order valence-corrected chi connectivity index (χ2v) is 9.17. The van der Waals surface area contributed by atoms with Crippen LogP contribution in [0.2, 0.25) is 0 Å². The lowest BCUT2D eigenvalue weighted by molar-refractivity contribution is 0.0448. The fraction of sp³-hybridized carbons (Fsp3) is 0.692. The molecule has 2 amide bonds. The van der Waals surface area contributed by atoms with Gasteiger partial charge in [-0.1, -0.05) is 52.4 Å². The summed E-state index contributed by atoms with van der Waals surface area (Å²) in [4.78, 5) is 30.6. The molecule has 0 N–H and O–H groups in total. The molecule has 0 unspecified atom stereocenters. The van der Waals surface area contributed by atoms with Crippen molar-refractivity contribution in [2.75, 3.05) is 13.1 Å². The van der Waals surface area contributed by atoms with Crippen molar-refractivity contribution in [1.82, 2.24) is 9.80 Å². The first-order valence-corrected chi connectivity index (χ1v) is 12.4. The number of amides is 2. The van der Waals surface area contributed by atoms with E-state index in [1.165, 1.54) is 38.5 Å². The van der Waals surface area contributed by atoms with E-state index in [2.05, 4.69) is 18.7 Å². The quantitative estimate of drug-likeness (QED) is 0.521. The molecule has 30 heavy (non-hydrogen) atoms. The minimum absolute atomic E-state index is 0.0779. The van der Waals surface area contributed by atoms with E-state index in [-0.39, 0.29) is 11.8 Å². The Kier molecular flexibility index (Phi) is 8.77. The average Bonchev–Trinajstić information content (AvgIpc) is 2.80. The molecule has 0 saturated heterocycles. The molecule has 2 saturated carbocycles. The van der Waals surface area contributed by atoms with Crippen LogP contribution in [-0.4, -0.2) is 46.8 Å². The van der Waals surface area contributed by atoms with Crippen LogP contribution < -0.4 is 0 Å². The highest BCUT2D eigenvalue weighted by molar-refractivity contribution is 5.98. The van der Waals surface area contributed by atoms with Crippen LogP contribution in [0.25, 0.3) is 0 Å². The van der Waals surface area contributed by atoms with Crippen LogP contribution >= 0.6 is 0 Å². The van der Waals surface area contributed by atoms with Crippen LogP contribution in [0.5, 0.6) is 0 Å². The average molecular weight is 413 g/mol. The van der Waals surface area contributed by atoms with Crippen LogP contribution in [0.15, 0.2) is 24.3 Å². The van der Waals surface area contributed by atoms with Crippen LogP contribution in [0.3, 0.4) is 0 Å². The second-order valence-electron chi connectivity index (χ2n) is 9.17. The standard InChI is InChI=1S/C26H40N2O2/c1-3-19-27(20-4-2)25(29)21-15-17-22(18-16-21)26(30)28(23-11-7-5-8-12-23)24-13-9-6-10-14-24/h15-18,23-24H,3-14,19-20H2,1-2H3. The van der Waals surface area contributed by atoms with E-state index >= 15 is 0 Å². The van der Waals surface area contributed by atoms with Gasteiger partial charge in [0, 0.05) is 36.3 Å². The van der Waals surface area contributed by atoms with Gasteiger partial charge < -0.3 is 9.80 Å². The van der Waals surface area contributed by atoms with Gasteiger partial charge in [-0.3, -0.25) is 9.59 Å². The Labute approximate surface area is 183 Å². The third-order valence-electron chi connectivity index (χ3n) is 6.82. The third-order valence-corrected chi connectivity index (χ3v) is 6.82. The maximum absolute atomic E-state index is 13.6. The van der Waals surface area contributed by atoms with Gasteiger partial charge in [0.05, 0.1) is 0 Å². The number of nitrogens with zero attached hydrogens (tertiary/aromatic N) is 2. The van der Waals surface area contributed by atoms with E-state index in [1.807, 2.05) is 29.2 Å². The van der Waals surface area contributed by atoms with Crippen molar-refractivity contribution in [1.29, 1.82) is 0 Å². The summed E-state index contributed by atoms with van der Waals surface area (Å²) in [6, 6.07) is 8.25. The summed E-state index contributed by atoms with van der Waals surface area (Å²) in [7, 11) is 0. The highest BCUT2D eigenvalue weighted by Crippen LogP contribution is 2.31. The first kappa shape index (κ1) is 22.8. The molecular weight excluding hydrogens is 372 g/mol. The number of rotatable bonds is 8. The zero-order chi connectivity index (χ0) is 21.3. The highest BCUT2D eigenvalue weighted by Gasteiger charge is 2.33. The predicted molar refractivity (Wildman–Crippen MR) is 123 cm³/mol. The molecule has 1 aromatic rings. The van der Waals surface area contributed by atoms with E-state index < -0.39 is 0 Å². The van der Waals surface area contributed by atoms with Crippen molar-refractivity contribution in [3.8, 4) is 0 Å². The maximum atomic E-state index is 13.6. The number of hydrogen-bond donors (Lipinski definition) is 0. The number of carbonyl (C=O) groups is 2. The summed E-state index contributed by atoms with van der Waals surface area (Å²) in [5.74, 6) is 0.251. The van der Waals surface area contributed by atoms with Gasteiger partial charge in [0.25, 0.3) is 11.8 Å². The molecule has 0 aromatic heterocycles. The summed E-state index contributed by atoms with van der Waals surface area (Å²) in [6.45, 7) is 5.76.